The van der Waals surface area contributed by atoms with Crippen LogP contribution in [0.15, 0.2) is 48.5 Å². The molecule has 2 aromatic rings. The van der Waals surface area contributed by atoms with Gasteiger partial charge >= 0.3 is 0 Å². The highest BCUT2D eigenvalue weighted by molar-refractivity contribution is 5.96. The second kappa shape index (κ2) is 7.83. The molecule has 2 amide bonds. The van der Waals surface area contributed by atoms with Gasteiger partial charge in [0, 0.05) is 37.3 Å². The molecule has 3 rings (SSSR count). The maximum Gasteiger partial charge on any atom is 0.254 e. The minimum absolute atomic E-state index is 0.0175. The predicted molar refractivity (Wildman–Crippen MR) is 98.8 cm³/mol. The van der Waals surface area contributed by atoms with Crippen molar-refractivity contribution < 1.29 is 9.59 Å². The minimum Gasteiger partial charge on any atom is -0.337 e. The van der Waals surface area contributed by atoms with Gasteiger partial charge < -0.3 is 9.80 Å². The first-order valence-electron chi connectivity index (χ1n) is 8.74. The lowest BCUT2D eigenvalue weighted by atomic mass is 10.1. The fraction of sp³-hybridized carbons (Fsp3) is 0.286. The predicted octanol–water partition coefficient (Wildman–Crippen LogP) is 2.86. The first kappa shape index (κ1) is 17.7. The van der Waals surface area contributed by atoms with Crippen LogP contribution in [-0.4, -0.2) is 47.8 Å². The Kier molecular flexibility index (Phi) is 5.33. The monoisotopic (exact) mass is 347 g/mol. The van der Waals surface area contributed by atoms with E-state index in [0.717, 1.165) is 12.0 Å². The van der Waals surface area contributed by atoms with E-state index in [-0.39, 0.29) is 11.8 Å². The summed E-state index contributed by atoms with van der Waals surface area (Å²) in [5.41, 5.74) is 2.67. The number of amides is 2. The smallest absolute Gasteiger partial charge is 0.254 e. The first-order chi connectivity index (χ1) is 12.6. The van der Waals surface area contributed by atoms with Crippen molar-refractivity contribution in [1.29, 1.82) is 5.26 Å². The number of benzene rings is 2. The molecule has 26 heavy (non-hydrogen) atoms. The molecule has 0 spiro atoms. The van der Waals surface area contributed by atoms with Crippen LogP contribution in [0.25, 0.3) is 0 Å². The molecule has 1 heterocycles. The molecule has 1 saturated heterocycles. The van der Waals surface area contributed by atoms with Gasteiger partial charge in [0.05, 0.1) is 11.6 Å². The van der Waals surface area contributed by atoms with Gasteiger partial charge in [-0.2, -0.15) is 5.26 Å². The summed E-state index contributed by atoms with van der Waals surface area (Å²) in [6.45, 7) is 4.18. The Morgan fingerprint density at radius 3 is 2.31 bits per heavy atom. The summed E-state index contributed by atoms with van der Waals surface area (Å²) >= 11 is 0. The number of hydrogen-bond donors (Lipinski definition) is 0. The van der Waals surface area contributed by atoms with E-state index in [4.69, 9.17) is 5.26 Å². The van der Waals surface area contributed by atoms with Crippen LogP contribution < -0.4 is 0 Å². The molecule has 0 aliphatic carbocycles. The Bertz CT molecular complexity index is 870. The van der Waals surface area contributed by atoms with Crippen LogP contribution >= 0.6 is 0 Å². The maximum absolute atomic E-state index is 12.8. The van der Waals surface area contributed by atoms with Crippen LogP contribution in [0.3, 0.4) is 0 Å². The molecule has 1 aliphatic rings. The summed E-state index contributed by atoms with van der Waals surface area (Å²) in [5.74, 6) is -0.0730. The van der Waals surface area contributed by atoms with Gasteiger partial charge in [-0.05, 0) is 43.2 Å². The molecule has 0 atom stereocenters. The second-order valence-corrected chi connectivity index (χ2v) is 6.45. The number of carbonyl (C=O) groups is 2. The van der Waals surface area contributed by atoms with Crippen molar-refractivity contribution in [2.45, 2.75) is 13.3 Å². The number of rotatable bonds is 2. The lowest BCUT2D eigenvalue weighted by Gasteiger charge is -2.23. The van der Waals surface area contributed by atoms with Crippen molar-refractivity contribution in [3.63, 3.8) is 0 Å². The molecule has 5 nitrogen and oxygen atoms in total. The van der Waals surface area contributed by atoms with Crippen LogP contribution in [0.4, 0.5) is 0 Å². The molecule has 0 radical (unpaired) electrons. The normalized spacial score (nSPS) is 14.5. The molecular formula is C21H21N3O2. The molecular weight excluding hydrogens is 326 g/mol. The van der Waals surface area contributed by atoms with Gasteiger partial charge in [0.25, 0.3) is 11.8 Å². The van der Waals surface area contributed by atoms with E-state index in [1.54, 1.807) is 29.2 Å². The quantitative estimate of drug-likeness (QED) is 0.839. The number of nitriles is 1. The van der Waals surface area contributed by atoms with E-state index < -0.39 is 0 Å². The fourth-order valence-electron chi connectivity index (χ4n) is 3.21. The SMILES string of the molecule is Cc1ccccc1C(=O)N1CCCN(C(=O)c2cccc(C#N)c2)CC1. The van der Waals surface area contributed by atoms with E-state index in [1.807, 2.05) is 36.1 Å². The summed E-state index contributed by atoms with van der Waals surface area (Å²) in [6.07, 6.45) is 0.737. The molecule has 1 aliphatic heterocycles. The van der Waals surface area contributed by atoms with Crippen molar-refractivity contribution in [3.8, 4) is 6.07 Å². The Morgan fingerprint density at radius 2 is 1.62 bits per heavy atom. The van der Waals surface area contributed by atoms with E-state index in [1.165, 1.54) is 0 Å². The molecule has 0 bridgehead atoms. The molecule has 0 unspecified atom stereocenters. The maximum atomic E-state index is 12.8. The van der Waals surface area contributed by atoms with E-state index in [0.29, 0.717) is 42.9 Å². The standard InChI is InChI=1S/C21H21N3O2/c1-16-6-2-3-9-19(16)21(26)24-11-5-10-23(12-13-24)20(25)18-8-4-7-17(14-18)15-22/h2-4,6-9,14H,5,10-13H2,1H3. The molecule has 0 N–H and O–H groups in total. The fourth-order valence-corrected chi connectivity index (χ4v) is 3.21. The van der Waals surface area contributed by atoms with Crippen molar-refractivity contribution in [3.05, 3.63) is 70.8 Å². The highest BCUT2D eigenvalue weighted by Crippen LogP contribution is 2.15. The molecule has 0 saturated carbocycles. The van der Waals surface area contributed by atoms with Crippen LogP contribution in [0.5, 0.6) is 0 Å². The third-order valence-electron chi connectivity index (χ3n) is 4.68. The van der Waals surface area contributed by atoms with Gasteiger partial charge in [0.15, 0.2) is 0 Å². The number of carbonyl (C=O) groups excluding carboxylic acids is 2. The van der Waals surface area contributed by atoms with E-state index in [2.05, 4.69) is 6.07 Å². The Morgan fingerprint density at radius 1 is 0.923 bits per heavy atom. The van der Waals surface area contributed by atoms with Gasteiger partial charge in [-0.25, -0.2) is 0 Å². The van der Waals surface area contributed by atoms with Crippen LogP contribution in [0.1, 0.15) is 38.3 Å². The molecule has 132 valence electrons. The van der Waals surface area contributed by atoms with Gasteiger partial charge in [0.2, 0.25) is 0 Å². The third-order valence-corrected chi connectivity index (χ3v) is 4.68. The summed E-state index contributed by atoms with van der Waals surface area (Å²) in [6, 6.07) is 16.4. The highest BCUT2D eigenvalue weighted by atomic mass is 16.2. The zero-order valence-electron chi connectivity index (χ0n) is 14.8. The van der Waals surface area contributed by atoms with E-state index in [9.17, 15) is 9.59 Å². The summed E-state index contributed by atoms with van der Waals surface area (Å²) in [5, 5.41) is 9.01. The Balaban J connectivity index is 1.70. The van der Waals surface area contributed by atoms with Crippen molar-refractivity contribution in [2.75, 3.05) is 26.2 Å². The summed E-state index contributed by atoms with van der Waals surface area (Å²) in [4.78, 5) is 29.1. The van der Waals surface area contributed by atoms with Crippen molar-refractivity contribution >= 4 is 11.8 Å². The first-order valence-corrected chi connectivity index (χ1v) is 8.74. The molecule has 1 fully saturated rings. The van der Waals surface area contributed by atoms with Gasteiger partial charge in [-0.15, -0.1) is 0 Å². The minimum atomic E-state index is -0.0905. The number of hydrogen-bond acceptors (Lipinski definition) is 3. The topological polar surface area (TPSA) is 64.4 Å². The molecule has 0 aromatic heterocycles. The average Bonchev–Trinajstić information content (AvgIpc) is 2.93. The summed E-state index contributed by atoms with van der Waals surface area (Å²) in [7, 11) is 0. The highest BCUT2D eigenvalue weighted by Gasteiger charge is 2.24. The zero-order valence-corrected chi connectivity index (χ0v) is 14.8. The Labute approximate surface area is 153 Å². The number of nitrogens with zero attached hydrogens (tertiary/aromatic N) is 3. The number of aryl methyl sites for hydroxylation is 1. The average molecular weight is 347 g/mol. The van der Waals surface area contributed by atoms with E-state index >= 15 is 0 Å². The molecule has 2 aromatic carbocycles. The van der Waals surface area contributed by atoms with Gasteiger partial charge in [0.1, 0.15) is 0 Å². The molecule has 5 heteroatoms. The van der Waals surface area contributed by atoms with Gasteiger partial charge in [-0.3, -0.25) is 9.59 Å². The Hall–Kier alpha value is -3.13. The summed E-state index contributed by atoms with van der Waals surface area (Å²) < 4.78 is 0. The largest absolute Gasteiger partial charge is 0.337 e. The second-order valence-electron chi connectivity index (χ2n) is 6.45. The van der Waals surface area contributed by atoms with Gasteiger partial charge in [-0.1, -0.05) is 24.3 Å². The van der Waals surface area contributed by atoms with Crippen molar-refractivity contribution in [1.82, 2.24) is 9.80 Å². The lowest BCUT2D eigenvalue weighted by Crippen LogP contribution is -2.37. The van der Waals surface area contributed by atoms with Crippen molar-refractivity contribution in [2.24, 2.45) is 0 Å². The van der Waals surface area contributed by atoms with Crippen LogP contribution in [-0.2, 0) is 0 Å². The third kappa shape index (κ3) is 3.75. The van der Waals surface area contributed by atoms with Crippen LogP contribution in [0.2, 0.25) is 0 Å². The zero-order chi connectivity index (χ0) is 18.5. The lowest BCUT2D eigenvalue weighted by molar-refractivity contribution is 0.0718. The van der Waals surface area contributed by atoms with Crippen LogP contribution in [0, 0.1) is 18.3 Å².